The second kappa shape index (κ2) is 11.6. The number of nitrogens with one attached hydrogen (secondary N) is 1. The first-order valence-corrected chi connectivity index (χ1v) is 11.4. The molecule has 1 N–H and O–H groups in total. The zero-order valence-corrected chi connectivity index (χ0v) is 20.5. The largest absolute Gasteiger partial charge is 0.490 e. The van der Waals surface area contributed by atoms with Gasteiger partial charge in [-0.3, -0.25) is 4.79 Å². The molecule has 1 amide bonds. The molecule has 3 rings (SSSR count). The van der Waals surface area contributed by atoms with Crippen molar-refractivity contribution in [1.29, 1.82) is 5.26 Å². The van der Waals surface area contributed by atoms with Gasteiger partial charge in [0.25, 0.3) is 5.91 Å². The van der Waals surface area contributed by atoms with Gasteiger partial charge in [-0.15, -0.1) is 0 Å². The lowest BCUT2D eigenvalue weighted by Gasteiger charge is -2.14. The Balaban J connectivity index is 1.84. The number of hydrogen-bond acceptors (Lipinski definition) is 4. The SMILES string of the molecule is CCOc1cc(/C=C(\C#N)C(=O)Nc2cccc(Cl)c2)c(Br)cc1OCc1ccc(C)cc1. The maximum absolute atomic E-state index is 12.6. The van der Waals surface area contributed by atoms with E-state index >= 15 is 0 Å². The first-order valence-electron chi connectivity index (χ1n) is 10.2. The summed E-state index contributed by atoms with van der Waals surface area (Å²) in [5.74, 6) is 0.541. The summed E-state index contributed by atoms with van der Waals surface area (Å²) in [6.07, 6.45) is 1.50. The summed E-state index contributed by atoms with van der Waals surface area (Å²) in [6, 6.07) is 20.3. The number of carbonyl (C=O) groups is 1. The highest BCUT2D eigenvalue weighted by Crippen LogP contribution is 2.35. The fourth-order valence-corrected chi connectivity index (χ4v) is 3.58. The van der Waals surface area contributed by atoms with E-state index in [1.54, 1.807) is 36.4 Å². The minimum atomic E-state index is -0.538. The van der Waals surface area contributed by atoms with Crippen LogP contribution in [0.5, 0.6) is 11.5 Å². The lowest BCUT2D eigenvalue weighted by atomic mass is 10.1. The van der Waals surface area contributed by atoms with Gasteiger partial charge >= 0.3 is 0 Å². The minimum Gasteiger partial charge on any atom is -0.490 e. The average Bonchev–Trinajstić information content (AvgIpc) is 2.79. The van der Waals surface area contributed by atoms with Crippen molar-refractivity contribution in [2.24, 2.45) is 0 Å². The Hall–Kier alpha value is -3.27. The van der Waals surface area contributed by atoms with Crippen LogP contribution in [0.25, 0.3) is 6.08 Å². The first kappa shape index (κ1) is 24.4. The molecule has 0 aromatic heterocycles. The van der Waals surface area contributed by atoms with Crippen LogP contribution in [-0.2, 0) is 11.4 Å². The maximum Gasteiger partial charge on any atom is 0.266 e. The van der Waals surface area contributed by atoms with Gasteiger partial charge in [0.15, 0.2) is 11.5 Å². The molecule has 0 radical (unpaired) electrons. The molecular formula is C26H22BrClN2O3. The second-order valence-corrected chi connectivity index (χ2v) is 8.45. The molecule has 0 fully saturated rings. The number of nitriles is 1. The molecule has 5 nitrogen and oxygen atoms in total. The Labute approximate surface area is 206 Å². The number of rotatable bonds is 8. The monoisotopic (exact) mass is 524 g/mol. The zero-order chi connectivity index (χ0) is 23.8. The molecule has 0 saturated carbocycles. The molecule has 0 aliphatic carbocycles. The fourth-order valence-electron chi connectivity index (χ4n) is 2.96. The molecule has 0 spiro atoms. The Kier molecular flexibility index (Phi) is 8.53. The Morgan fingerprint density at radius 2 is 1.85 bits per heavy atom. The molecule has 0 aliphatic rings. The van der Waals surface area contributed by atoms with Gasteiger partial charge in [-0.05, 0) is 61.4 Å². The summed E-state index contributed by atoms with van der Waals surface area (Å²) in [5.41, 5.74) is 3.26. The number of carbonyl (C=O) groups excluding carboxylic acids is 1. The van der Waals surface area contributed by atoms with Gasteiger partial charge in [0, 0.05) is 15.2 Å². The van der Waals surface area contributed by atoms with E-state index in [0.717, 1.165) is 5.56 Å². The van der Waals surface area contributed by atoms with Crippen molar-refractivity contribution in [3.8, 4) is 17.6 Å². The Morgan fingerprint density at radius 3 is 2.52 bits per heavy atom. The topological polar surface area (TPSA) is 71.3 Å². The molecule has 33 heavy (non-hydrogen) atoms. The first-order chi connectivity index (χ1) is 15.9. The van der Waals surface area contributed by atoms with Crippen LogP contribution in [0.4, 0.5) is 5.69 Å². The number of benzene rings is 3. The minimum absolute atomic E-state index is 0.0635. The van der Waals surface area contributed by atoms with E-state index < -0.39 is 5.91 Å². The second-order valence-electron chi connectivity index (χ2n) is 7.16. The summed E-state index contributed by atoms with van der Waals surface area (Å²) in [5, 5.41) is 12.7. The van der Waals surface area contributed by atoms with E-state index in [1.807, 2.05) is 44.2 Å². The third kappa shape index (κ3) is 6.85. The van der Waals surface area contributed by atoms with E-state index in [1.165, 1.54) is 11.6 Å². The summed E-state index contributed by atoms with van der Waals surface area (Å²) < 4.78 is 12.4. The average molecular weight is 526 g/mol. The molecule has 3 aromatic rings. The van der Waals surface area contributed by atoms with Gasteiger partial charge in [0.05, 0.1) is 6.61 Å². The van der Waals surface area contributed by atoms with Crippen LogP contribution in [-0.4, -0.2) is 12.5 Å². The van der Waals surface area contributed by atoms with Gasteiger partial charge < -0.3 is 14.8 Å². The fraction of sp³-hybridized carbons (Fsp3) is 0.154. The molecule has 7 heteroatoms. The molecule has 0 bridgehead atoms. The summed E-state index contributed by atoms with van der Waals surface area (Å²) in [4.78, 5) is 12.6. The predicted octanol–water partition coefficient (Wildman–Crippen LogP) is 6.93. The van der Waals surface area contributed by atoms with E-state index in [2.05, 4.69) is 21.2 Å². The third-order valence-corrected chi connectivity index (χ3v) is 5.55. The van der Waals surface area contributed by atoms with Crippen LogP contribution in [0, 0.1) is 18.3 Å². The normalized spacial score (nSPS) is 10.9. The number of amides is 1. The van der Waals surface area contributed by atoms with Crippen LogP contribution >= 0.6 is 27.5 Å². The number of hydrogen-bond donors (Lipinski definition) is 1. The van der Waals surface area contributed by atoms with Crippen molar-refractivity contribution >= 4 is 45.2 Å². The number of aryl methyl sites for hydroxylation is 1. The maximum atomic E-state index is 12.6. The highest BCUT2D eigenvalue weighted by molar-refractivity contribution is 9.10. The van der Waals surface area contributed by atoms with Crippen LogP contribution in [0.1, 0.15) is 23.6 Å². The van der Waals surface area contributed by atoms with Crippen molar-refractivity contribution in [2.45, 2.75) is 20.5 Å². The van der Waals surface area contributed by atoms with E-state index in [-0.39, 0.29) is 5.57 Å². The smallest absolute Gasteiger partial charge is 0.266 e. The molecule has 0 saturated heterocycles. The predicted molar refractivity (Wildman–Crippen MR) is 134 cm³/mol. The van der Waals surface area contributed by atoms with E-state index in [4.69, 9.17) is 21.1 Å². The molecule has 168 valence electrons. The van der Waals surface area contributed by atoms with Gasteiger partial charge in [0.1, 0.15) is 18.2 Å². The summed E-state index contributed by atoms with van der Waals surface area (Å²) in [7, 11) is 0. The molecule has 0 aliphatic heterocycles. The van der Waals surface area contributed by atoms with E-state index in [0.29, 0.717) is 45.5 Å². The van der Waals surface area contributed by atoms with Crippen molar-refractivity contribution in [3.63, 3.8) is 0 Å². The number of halogens is 2. The molecule has 3 aromatic carbocycles. The van der Waals surface area contributed by atoms with Gasteiger partial charge in [-0.2, -0.15) is 5.26 Å². The Morgan fingerprint density at radius 1 is 1.12 bits per heavy atom. The number of nitrogens with zero attached hydrogens (tertiary/aromatic N) is 1. The molecule has 0 atom stereocenters. The molecule has 0 heterocycles. The van der Waals surface area contributed by atoms with Crippen molar-refractivity contribution in [3.05, 3.63) is 92.4 Å². The van der Waals surface area contributed by atoms with Gasteiger partial charge in [-0.1, -0.05) is 63.4 Å². The van der Waals surface area contributed by atoms with Gasteiger partial charge in [-0.25, -0.2) is 0 Å². The number of ether oxygens (including phenoxy) is 2. The highest BCUT2D eigenvalue weighted by Gasteiger charge is 2.14. The quantitative estimate of drug-likeness (QED) is 0.256. The summed E-state index contributed by atoms with van der Waals surface area (Å²) in [6.45, 7) is 4.73. The van der Waals surface area contributed by atoms with Gasteiger partial charge in [0.2, 0.25) is 0 Å². The number of anilines is 1. The third-order valence-electron chi connectivity index (χ3n) is 4.63. The lowest BCUT2D eigenvalue weighted by Crippen LogP contribution is -2.13. The van der Waals surface area contributed by atoms with Crippen molar-refractivity contribution in [1.82, 2.24) is 0 Å². The van der Waals surface area contributed by atoms with Crippen molar-refractivity contribution in [2.75, 3.05) is 11.9 Å². The van der Waals surface area contributed by atoms with Crippen LogP contribution < -0.4 is 14.8 Å². The molecule has 0 unspecified atom stereocenters. The Bertz CT molecular complexity index is 1220. The summed E-state index contributed by atoms with van der Waals surface area (Å²) >= 11 is 9.48. The standard InChI is InChI=1S/C26H22BrClN2O3/c1-3-32-24-12-19(11-20(15-29)26(31)30-22-6-4-5-21(28)13-22)23(27)14-25(24)33-16-18-9-7-17(2)8-10-18/h4-14H,3,16H2,1-2H3,(H,30,31)/b20-11+. The van der Waals surface area contributed by atoms with Crippen LogP contribution in [0.3, 0.4) is 0 Å². The van der Waals surface area contributed by atoms with Crippen molar-refractivity contribution < 1.29 is 14.3 Å². The zero-order valence-electron chi connectivity index (χ0n) is 18.2. The van der Waals surface area contributed by atoms with Crippen LogP contribution in [0.2, 0.25) is 5.02 Å². The highest BCUT2D eigenvalue weighted by atomic mass is 79.9. The molecular weight excluding hydrogens is 504 g/mol. The lowest BCUT2D eigenvalue weighted by molar-refractivity contribution is -0.112. The van der Waals surface area contributed by atoms with E-state index in [9.17, 15) is 10.1 Å². The van der Waals surface area contributed by atoms with Crippen LogP contribution in [0.15, 0.2) is 70.7 Å².